The lowest BCUT2D eigenvalue weighted by atomic mass is 10.1. The second-order valence-corrected chi connectivity index (χ2v) is 6.74. The van der Waals surface area contributed by atoms with Gasteiger partial charge in [0.25, 0.3) is 0 Å². The van der Waals surface area contributed by atoms with Gasteiger partial charge in [-0.25, -0.2) is 4.98 Å². The van der Waals surface area contributed by atoms with Crippen molar-refractivity contribution < 1.29 is 0 Å². The smallest absolute Gasteiger partial charge is 0.180 e. The van der Waals surface area contributed by atoms with Crippen molar-refractivity contribution in [1.82, 2.24) is 20.5 Å². The van der Waals surface area contributed by atoms with E-state index in [4.69, 9.17) is 0 Å². The molecule has 0 aromatic carbocycles. The van der Waals surface area contributed by atoms with E-state index >= 15 is 0 Å². The van der Waals surface area contributed by atoms with E-state index in [9.17, 15) is 0 Å². The van der Waals surface area contributed by atoms with E-state index in [0.717, 1.165) is 27.3 Å². The van der Waals surface area contributed by atoms with Crippen molar-refractivity contribution in [3.63, 3.8) is 0 Å². The minimum atomic E-state index is 0.343. The molecule has 0 fully saturated rings. The third-order valence-electron chi connectivity index (χ3n) is 2.66. The summed E-state index contributed by atoms with van der Waals surface area (Å²) in [5.74, 6) is 0. The van der Waals surface area contributed by atoms with Crippen LogP contribution in [0.1, 0.15) is 36.9 Å². The Kier molecular flexibility index (Phi) is 5.30. The molecule has 4 nitrogen and oxygen atoms in total. The molecular weight excluding hydrogens is 276 g/mol. The maximum Gasteiger partial charge on any atom is 0.180 e. The van der Waals surface area contributed by atoms with Gasteiger partial charge in [-0.3, -0.25) is 0 Å². The molecule has 0 aliphatic rings. The average molecular weight is 294 g/mol. The van der Waals surface area contributed by atoms with Crippen LogP contribution in [0, 0.1) is 6.92 Å². The molecule has 6 heteroatoms. The van der Waals surface area contributed by atoms with E-state index in [1.807, 2.05) is 19.2 Å². The van der Waals surface area contributed by atoms with Crippen molar-refractivity contribution in [2.45, 2.75) is 42.6 Å². The minimum absolute atomic E-state index is 0.343. The summed E-state index contributed by atoms with van der Waals surface area (Å²) in [6.07, 6.45) is 3.08. The third kappa shape index (κ3) is 4.26. The molecule has 2 rings (SSSR count). The van der Waals surface area contributed by atoms with Crippen molar-refractivity contribution in [2.75, 3.05) is 6.54 Å². The summed E-state index contributed by atoms with van der Waals surface area (Å²) >= 11 is 3.15. The normalized spacial score (nSPS) is 12.6. The van der Waals surface area contributed by atoms with Gasteiger partial charge in [0.1, 0.15) is 10.0 Å². The minimum Gasteiger partial charge on any atom is -0.310 e. The number of nitrogens with zero attached hydrogens (tertiary/aromatic N) is 3. The largest absolute Gasteiger partial charge is 0.310 e. The van der Waals surface area contributed by atoms with Crippen molar-refractivity contribution in [3.8, 4) is 0 Å². The zero-order valence-corrected chi connectivity index (χ0v) is 13.0. The molecule has 0 bridgehead atoms. The Morgan fingerprint density at radius 1 is 1.37 bits per heavy atom. The molecule has 0 saturated carbocycles. The Morgan fingerprint density at radius 2 is 2.21 bits per heavy atom. The molecule has 1 unspecified atom stereocenters. The Hall–Kier alpha value is -0.980. The van der Waals surface area contributed by atoms with Gasteiger partial charge in [-0.15, -0.1) is 10.2 Å². The zero-order chi connectivity index (χ0) is 13.7. The van der Waals surface area contributed by atoms with Gasteiger partial charge in [0, 0.05) is 12.2 Å². The van der Waals surface area contributed by atoms with Crippen LogP contribution in [-0.2, 0) is 0 Å². The Labute approximate surface area is 122 Å². The van der Waals surface area contributed by atoms with Crippen LogP contribution >= 0.6 is 23.1 Å². The van der Waals surface area contributed by atoms with Crippen LogP contribution in [0.25, 0.3) is 0 Å². The van der Waals surface area contributed by atoms with Crippen LogP contribution in [0.3, 0.4) is 0 Å². The summed E-state index contributed by atoms with van der Waals surface area (Å²) in [6.45, 7) is 7.32. The van der Waals surface area contributed by atoms with Crippen LogP contribution in [0.2, 0.25) is 0 Å². The summed E-state index contributed by atoms with van der Waals surface area (Å²) in [6, 6.07) is 4.51. The fraction of sp³-hybridized carbons (Fsp3) is 0.462. The zero-order valence-electron chi connectivity index (χ0n) is 11.4. The van der Waals surface area contributed by atoms with Gasteiger partial charge in [0.05, 0.1) is 0 Å². The first-order valence-electron chi connectivity index (χ1n) is 6.36. The Bertz CT molecular complexity index is 510. The summed E-state index contributed by atoms with van der Waals surface area (Å²) < 4.78 is 0.940. The molecule has 2 aromatic heterocycles. The van der Waals surface area contributed by atoms with E-state index in [1.165, 1.54) is 5.56 Å². The van der Waals surface area contributed by atoms with Crippen molar-refractivity contribution in [3.05, 3.63) is 28.9 Å². The summed E-state index contributed by atoms with van der Waals surface area (Å²) in [4.78, 5) is 4.47. The van der Waals surface area contributed by atoms with Gasteiger partial charge in [-0.05, 0) is 50.2 Å². The van der Waals surface area contributed by atoms with Gasteiger partial charge in [0.2, 0.25) is 0 Å². The second-order valence-electron chi connectivity index (χ2n) is 4.29. The fourth-order valence-electron chi connectivity index (χ4n) is 1.60. The highest BCUT2D eigenvalue weighted by Crippen LogP contribution is 2.28. The van der Waals surface area contributed by atoms with Gasteiger partial charge in [0.15, 0.2) is 4.34 Å². The van der Waals surface area contributed by atoms with Crippen molar-refractivity contribution in [1.29, 1.82) is 0 Å². The van der Waals surface area contributed by atoms with E-state index in [1.54, 1.807) is 23.1 Å². The monoisotopic (exact) mass is 294 g/mol. The molecule has 0 radical (unpaired) electrons. The number of aryl methyl sites for hydroxylation is 1. The molecule has 1 N–H and O–H groups in total. The van der Waals surface area contributed by atoms with E-state index in [-0.39, 0.29) is 0 Å². The molecule has 0 aliphatic carbocycles. The molecule has 19 heavy (non-hydrogen) atoms. The van der Waals surface area contributed by atoms with Gasteiger partial charge in [-0.1, -0.05) is 24.3 Å². The standard InChI is InChI=1S/C13H18N4S2/c1-4-7-14-9(2)11-5-6-12(15-8-11)19-13-17-16-10(3)18-13/h5-6,8-9,14H,4,7H2,1-3H3. The molecule has 1 atom stereocenters. The number of hydrogen-bond acceptors (Lipinski definition) is 6. The lowest BCUT2D eigenvalue weighted by molar-refractivity contribution is 0.568. The SMILES string of the molecule is CCCNC(C)c1ccc(Sc2nnc(C)s2)nc1. The van der Waals surface area contributed by atoms with Crippen LogP contribution in [0.15, 0.2) is 27.7 Å². The maximum atomic E-state index is 4.47. The van der Waals surface area contributed by atoms with Gasteiger partial charge in [-0.2, -0.15) is 0 Å². The molecule has 0 saturated heterocycles. The van der Waals surface area contributed by atoms with E-state index < -0.39 is 0 Å². The summed E-state index contributed by atoms with van der Waals surface area (Å²) in [7, 11) is 0. The Balaban J connectivity index is 1.98. The lowest BCUT2D eigenvalue weighted by Gasteiger charge is -2.13. The number of nitrogens with one attached hydrogen (secondary N) is 1. The summed E-state index contributed by atoms with van der Waals surface area (Å²) in [5.41, 5.74) is 1.21. The highest BCUT2D eigenvalue weighted by Gasteiger charge is 2.07. The molecule has 0 amide bonds. The maximum absolute atomic E-state index is 4.47. The predicted octanol–water partition coefficient (Wildman–Crippen LogP) is 3.45. The highest BCUT2D eigenvalue weighted by molar-refractivity contribution is 8.01. The van der Waals surface area contributed by atoms with Crippen LogP contribution < -0.4 is 5.32 Å². The van der Waals surface area contributed by atoms with Gasteiger partial charge >= 0.3 is 0 Å². The molecule has 2 aromatic rings. The van der Waals surface area contributed by atoms with Crippen molar-refractivity contribution >= 4 is 23.1 Å². The average Bonchev–Trinajstić information content (AvgIpc) is 2.82. The predicted molar refractivity (Wildman–Crippen MR) is 79.7 cm³/mol. The fourth-order valence-corrected chi connectivity index (χ4v) is 3.30. The second kappa shape index (κ2) is 6.98. The molecule has 102 valence electrons. The van der Waals surface area contributed by atoms with Crippen LogP contribution in [0.4, 0.5) is 0 Å². The van der Waals surface area contributed by atoms with Crippen LogP contribution in [0.5, 0.6) is 0 Å². The first-order valence-corrected chi connectivity index (χ1v) is 7.99. The molecule has 2 heterocycles. The van der Waals surface area contributed by atoms with E-state index in [2.05, 4.69) is 40.4 Å². The third-order valence-corrected chi connectivity index (χ3v) is 4.50. The first kappa shape index (κ1) is 14.4. The highest BCUT2D eigenvalue weighted by atomic mass is 32.2. The van der Waals surface area contributed by atoms with Gasteiger partial charge < -0.3 is 5.32 Å². The first-order chi connectivity index (χ1) is 9.19. The lowest BCUT2D eigenvalue weighted by Crippen LogP contribution is -2.19. The number of hydrogen-bond donors (Lipinski definition) is 1. The molecular formula is C13H18N4S2. The topological polar surface area (TPSA) is 50.7 Å². The summed E-state index contributed by atoms with van der Waals surface area (Å²) in [5, 5.41) is 13.5. The number of aromatic nitrogens is 3. The number of rotatable bonds is 6. The van der Waals surface area contributed by atoms with E-state index in [0.29, 0.717) is 6.04 Å². The quantitative estimate of drug-likeness (QED) is 0.884. The van der Waals surface area contributed by atoms with Crippen molar-refractivity contribution in [2.24, 2.45) is 0 Å². The van der Waals surface area contributed by atoms with Crippen LogP contribution in [-0.4, -0.2) is 21.7 Å². The molecule has 0 aliphatic heterocycles. The Morgan fingerprint density at radius 3 is 2.79 bits per heavy atom. The molecule has 0 spiro atoms. The number of pyridine rings is 1.